The number of hydrogen-bond donors (Lipinski definition) is 1. The zero-order valence-electron chi connectivity index (χ0n) is 27.0. The van der Waals surface area contributed by atoms with E-state index < -0.39 is 5.97 Å². The van der Waals surface area contributed by atoms with E-state index in [1.54, 1.807) is 0 Å². The number of allylic oxidation sites excluding steroid dienone is 12. The van der Waals surface area contributed by atoms with E-state index in [1.165, 1.54) is 25.7 Å². The number of carboxylic acids is 1. The minimum absolute atomic E-state index is 0.0500. The molecule has 0 aliphatic rings. The van der Waals surface area contributed by atoms with E-state index in [0.717, 1.165) is 96.3 Å². The van der Waals surface area contributed by atoms with Crippen LogP contribution in [0.4, 0.5) is 0 Å². The summed E-state index contributed by atoms with van der Waals surface area (Å²) in [6.07, 6.45) is 47.1. The molecule has 0 amide bonds. The first-order chi connectivity index (χ1) is 20.6. The first-order valence-electron chi connectivity index (χ1n) is 16.9. The zero-order valence-corrected chi connectivity index (χ0v) is 27.0. The summed E-state index contributed by atoms with van der Waals surface area (Å²) in [6, 6.07) is 0. The maximum absolute atomic E-state index is 12.2. The highest BCUT2D eigenvalue weighted by molar-refractivity contribution is 5.69. The third-order valence-electron chi connectivity index (χ3n) is 7.02. The summed E-state index contributed by atoms with van der Waals surface area (Å²) in [6.45, 7) is 4.25. The molecule has 0 saturated heterocycles. The molecule has 0 aromatic carbocycles. The van der Waals surface area contributed by atoms with Crippen LogP contribution in [0.25, 0.3) is 0 Å². The van der Waals surface area contributed by atoms with E-state index in [-0.39, 0.29) is 12.1 Å². The molecule has 0 aromatic heterocycles. The van der Waals surface area contributed by atoms with Gasteiger partial charge in [-0.05, 0) is 83.5 Å². The van der Waals surface area contributed by atoms with Crippen LogP contribution in [0.3, 0.4) is 0 Å². The van der Waals surface area contributed by atoms with Crippen molar-refractivity contribution in [1.82, 2.24) is 0 Å². The van der Waals surface area contributed by atoms with Crippen molar-refractivity contribution in [1.29, 1.82) is 0 Å². The lowest BCUT2D eigenvalue weighted by Crippen LogP contribution is -2.17. The minimum Gasteiger partial charge on any atom is -0.481 e. The third kappa shape index (κ3) is 31.9. The average molecular weight is 583 g/mol. The molecular formula is C38H62O4. The summed E-state index contributed by atoms with van der Waals surface area (Å²) in [5.74, 6) is -0.743. The molecule has 1 unspecified atom stereocenters. The van der Waals surface area contributed by atoms with Gasteiger partial charge in [-0.2, -0.15) is 0 Å². The van der Waals surface area contributed by atoms with Gasteiger partial charge in [0.15, 0.2) is 0 Å². The highest BCUT2D eigenvalue weighted by Crippen LogP contribution is 2.15. The first kappa shape index (κ1) is 39.4. The molecule has 4 nitrogen and oxygen atoms in total. The number of hydrogen-bond acceptors (Lipinski definition) is 3. The molecule has 0 aliphatic heterocycles. The Morgan fingerprint density at radius 1 is 0.548 bits per heavy atom. The normalized spacial score (nSPS) is 13.2. The molecule has 0 fully saturated rings. The van der Waals surface area contributed by atoms with E-state index >= 15 is 0 Å². The average Bonchev–Trinajstić information content (AvgIpc) is 2.98. The minimum atomic E-state index is -0.693. The van der Waals surface area contributed by atoms with Gasteiger partial charge in [0.05, 0.1) is 0 Å². The number of unbranched alkanes of at least 4 members (excludes halogenated alkanes) is 9. The summed E-state index contributed by atoms with van der Waals surface area (Å²) in [7, 11) is 0. The SMILES string of the molecule is CC/C=C\C/C=C\C/C=C\C/C=C\C/C=C\C/C=C\CCCCC(=O)OC(CC)CCCCCCCCCCC(=O)O. The van der Waals surface area contributed by atoms with Crippen LogP contribution in [0.2, 0.25) is 0 Å². The van der Waals surface area contributed by atoms with Crippen molar-refractivity contribution in [2.75, 3.05) is 0 Å². The Balaban J connectivity index is 3.64. The first-order valence-corrected chi connectivity index (χ1v) is 16.9. The molecule has 0 aliphatic carbocycles. The van der Waals surface area contributed by atoms with E-state index in [1.807, 2.05) is 0 Å². The highest BCUT2D eigenvalue weighted by Gasteiger charge is 2.12. The number of carbonyl (C=O) groups is 2. The monoisotopic (exact) mass is 582 g/mol. The van der Waals surface area contributed by atoms with E-state index in [9.17, 15) is 9.59 Å². The standard InChI is InChI=1S/C38H62O4/c1-3-5-6-7-8-9-10-11-12-13-14-15-16-17-18-19-20-21-26-29-32-35-38(41)42-36(4-2)33-30-27-24-22-23-25-28-31-34-37(39)40/h5-6,8-9,11-12,14-15,17-18,20-21,36H,3-4,7,10,13,16,19,22-35H2,1-2H3,(H,39,40)/b6-5-,9-8-,12-11-,15-14-,18-17-,21-20-. The molecule has 0 aromatic rings. The molecule has 0 saturated carbocycles. The van der Waals surface area contributed by atoms with Crippen LogP contribution in [0.15, 0.2) is 72.9 Å². The third-order valence-corrected chi connectivity index (χ3v) is 7.02. The predicted molar refractivity (Wildman–Crippen MR) is 181 cm³/mol. The second-order valence-corrected chi connectivity index (χ2v) is 10.9. The smallest absolute Gasteiger partial charge is 0.306 e. The van der Waals surface area contributed by atoms with Gasteiger partial charge in [0, 0.05) is 12.8 Å². The molecule has 4 heteroatoms. The van der Waals surface area contributed by atoms with E-state index in [2.05, 4.69) is 86.8 Å². The van der Waals surface area contributed by atoms with Crippen LogP contribution in [-0.4, -0.2) is 23.1 Å². The fraction of sp³-hybridized carbons (Fsp3) is 0.632. The molecule has 0 bridgehead atoms. The molecule has 42 heavy (non-hydrogen) atoms. The topological polar surface area (TPSA) is 63.6 Å². The second-order valence-electron chi connectivity index (χ2n) is 10.9. The lowest BCUT2D eigenvalue weighted by molar-refractivity contribution is -0.149. The number of ether oxygens (including phenoxy) is 1. The van der Waals surface area contributed by atoms with Crippen LogP contribution >= 0.6 is 0 Å². The van der Waals surface area contributed by atoms with Gasteiger partial charge in [-0.1, -0.05) is 125 Å². The predicted octanol–water partition coefficient (Wildman–Crippen LogP) is 11.6. The molecule has 0 radical (unpaired) electrons. The largest absolute Gasteiger partial charge is 0.481 e. The maximum atomic E-state index is 12.2. The van der Waals surface area contributed by atoms with Crippen molar-refractivity contribution in [3.63, 3.8) is 0 Å². The van der Waals surface area contributed by atoms with Crippen molar-refractivity contribution >= 4 is 11.9 Å². The summed E-state index contributed by atoms with van der Waals surface area (Å²) in [5.41, 5.74) is 0. The van der Waals surface area contributed by atoms with Crippen molar-refractivity contribution in [3.05, 3.63) is 72.9 Å². The van der Waals surface area contributed by atoms with Gasteiger partial charge in [-0.25, -0.2) is 0 Å². The Kier molecular flexibility index (Phi) is 30.8. The summed E-state index contributed by atoms with van der Waals surface area (Å²) >= 11 is 0. The van der Waals surface area contributed by atoms with Crippen LogP contribution in [0, 0.1) is 0 Å². The summed E-state index contributed by atoms with van der Waals surface area (Å²) in [4.78, 5) is 22.7. The van der Waals surface area contributed by atoms with Crippen molar-refractivity contribution in [3.8, 4) is 0 Å². The zero-order chi connectivity index (χ0) is 30.8. The number of aliphatic carboxylic acids is 1. The Morgan fingerprint density at radius 3 is 1.45 bits per heavy atom. The molecule has 1 N–H and O–H groups in total. The van der Waals surface area contributed by atoms with Gasteiger partial charge >= 0.3 is 11.9 Å². The molecule has 238 valence electrons. The molecular weight excluding hydrogens is 520 g/mol. The lowest BCUT2D eigenvalue weighted by Gasteiger charge is -2.16. The molecule has 0 heterocycles. The van der Waals surface area contributed by atoms with Gasteiger partial charge < -0.3 is 9.84 Å². The van der Waals surface area contributed by atoms with Gasteiger partial charge in [0.2, 0.25) is 0 Å². The van der Waals surface area contributed by atoms with Crippen LogP contribution in [-0.2, 0) is 14.3 Å². The maximum Gasteiger partial charge on any atom is 0.306 e. The Labute approximate surface area is 258 Å². The lowest BCUT2D eigenvalue weighted by atomic mass is 10.0. The van der Waals surface area contributed by atoms with Crippen LogP contribution < -0.4 is 0 Å². The number of esters is 1. The van der Waals surface area contributed by atoms with Crippen molar-refractivity contribution < 1.29 is 19.4 Å². The fourth-order valence-electron chi connectivity index (χ4n) is 4.47. The molecule has 1 atom stereocenters. The summed E-state index contributed by atoms with van der Waals surface area (Å²) in [5, 5.41) is 8.65. The Hall–Kier alpha value is -2.62. The van der Waals surface area contributed by atoms with Gasteiger partial charge in [-0.15, -0.1) is 0 Å². The molecule has 0 rings (SSSR count). The number of rotatable bonds is 29. The van der Waals surface area contributed by atoms with Gasteiger partial charge in [0.1, 0.15) is 6.10 Å². The number of carbonyl (C=O) groups excluding carboxylic acids is 1. The Morgan fingerprint density at radius 2 is 0.976 bits per heavy atom. The number of carboxylic acid groups (broad SMARTS) is 1. The Bertz CT molecular complexity index is 800. The van der Waals surface area contributed by atoms with Crippen LogP contribution in [0.1, 0.15) is 149 Å². The van der Waals surface area contributed by atoms with E-state index in [4.69, 9.17) is 9.84 Å². The molecule has 0 spiro atoms. The summed E-state index contributed by atoms with van der Waals surface area (Å²) < 4.78 is 5.71. The van der Waals surface area contributed by atoms with Gasteiger partial charge in [-0.3, -0.25) is 9.59 Å². The van der Waals surface area contributed by atoms with Gasteiger partial charge in [0.25, 0.3) is 0 Å². The van der Waals surface area contributed by atoms with Crippen molar-refractivity contribution in [2.45, 2.75) is 155 Å². The van der Waals surface area contributed by atoms with Crippen LogP contribution in [0.5, 0.6) is 0 Å². The fourth-order valence-corrected chi connectivity index (χ4v) is 4.47. The highest BCUT2D eigenvalue weighted by atomic mass is 16.5. The second kappa shape index (κ2) is 32.9. The van der Waals surface area contributed by atoms with E-state index in [0.29, 0.717) is 12.8 Å². The van der Waals surface area contributed by atoms with Crippen molar-refractivity contribution in [2.24, 2.45) is 0 Å². The quantitative estimate of drug-likeness (QED) is 0.0541.